The number of likely N-dealkylation sites (tertiary alicyclic amines) is 1. The van der Waals surface area contributed by atoms with Gasteiger partial charge in [0.25, 0.3) is 5.91 Å². The Labute approximate surface area is 163 Å². The fraction of sp³-hybridized carbons (Fsp3) is 0.409. The number of carbonyl (C=O) groups is 1. The molecular formula is C22H24N4O2. The highest BCUT2D eigenvalue weighted by atomic mass is 16.3. The molecule has 1 saturated carbocycles. The monoisotopic (exact) mass is 376 g/mol. The Morgan fingerprint density at radius 2 is 1.96 bits per heavy atom. The summed E-state index contributed by atoms with van der Waals surface area (Å²) in [7, 11) is 0. The molecule has 2 aliphatic rings. The molecule has 28 heavy (non-hydrogen) atoms. The van der Waals surface area contributed by atoms with Gasteiger partial charge in [-0.2, -0.15) is 5.10 Å². The van der Waals surface area contributed by atoms with Crippen molar-refractivity contribution in [2.24, 2.45) is 5.92 Å². The first-order valence-electron chi connectivity index (χ1n) is 10.1. The van der Waals surface area contributed by atoms with E-state index in [2.05, 4.69) is 10.1 Å². The van der Waals surface area contributed by atoms with Crippen molar-refractivity contribution in [3.63, 3.8) is 0 Å². The Morgan fingerprint density at radius 1 is 1.14 bits per heavy atom. The van der Waals surface area contributed by atoms with Gasteiger partial charge in [0.05, 0.1) is 11.8 Å². The third-order valence-corrected chi connectivity index (χ3v) is 6.52. The summed E-state index contributed by atoms with van der Waals surface area (Å²) in [6.45, 7) is 0.537. The molecule has 3 atom stereocenters. The number of nitrogens with zero attached hydrogens (tertiary/aromatic N) is 4. The van der Waals surface area contributed by atoms with E-state index in [4.69, 9.17) is 0 Å². The van der Waals surface area contributed by atoms with Crippen molar-refractivity contribution in [3.05, 3.63) is 66.1 Å². The highest BCUT2D eigenvalue weighted by Crippen LogP contribution is 2.47. The summed E-state index contributed by atoms with van der Waals surface area (Å²) in [5, 5.41) is 15.9. The van der Waals surface area contributed by atoms with Gasteiger partial charge < -0.3 is 10.0 Å². The maximum Gasteiger partial charge on any atom is 0.259 e. The van der Waals surface area contributed by atoms with Gasteiger partial charge >= 0.3 is 0 Å². The lowest BCUT2D eigenvalue weighted by Crippen LogP contribution is -2.59. The smallest absolute Gasteiger partial charge is 0.259 e. The van der Waals surface area contributed by atoms with Crippen molar-refractivity contribution in [2.45, 2.75) is 43.7 Å². The molecule has 2 fully saturated rings. The van der Waals surface area contributed by atoms with Crippen molar-refractivity contribution in [3.8, 4) is 0 Å². The molecule has 2 aromatic heterocycles. The Kier molecular flexibility index (Phi) is 4.16. The lowest BCUT2D eigenvalue weighted by Gasteiger charge is -2.52. The number of aliphatic hydroxyl groups is 1. The lowest BCUT2D eigenvalue weighted by atomic mass is 9.66. The SMILES string of the molecule is O=C(c1cnn2cccnc12)N1CC[C@@](O)(c2ccccc2)[C@H]2CCCC[C@@H]21. The maximum absolute atomic E-state index is 13.4. The molecule has 1 aromatic carbocycles. The Morgan fingerprint density at radius 3 is 2.82 bits per heavy atom. The predicted molar refractivity (Wildman–Crippen MR) is 105 cm³/mol. The topological polar surface area (TPSA) is 70.7 Å². The third-order valence-electron chi connectivity index (χ3n) is 6.52. The van der Waals surface area contributed by atoms with Crippen molar-refractivity contribution < 1.29 is 9.90 Å². The molecule has 0 bridgehead atoms. The minimum atomic E-state index is -0.873. The van der Waals surface area contributed by atoms with Gasteiger partial charge in [-0.1, -0.05) is 43.2 Å². The van der Waals surface area contributed by atoms with Crippen LogP contribution in [0.25, 0.3) is 5.65 Å². The molecule has 1 aliphatic heterocycles. The zero-order valence-electron chi connectivity index (χ0n) is 15.7. The molecule has 1 aliphatic carbocycles. The standard InChI is InChI=1S/C22H24N4O2/c27-21(17-15-24-26-13-6-12-23-20(17)26)25-14-11-22(28,16-7-2-1-3-8-16)18-9-4-5-10-19(18)25/h1-3,6-8,12-13,15,18-19,28H,4-5,9-11,14H2/t18-,19-,22+/m0/s1. The summed E-state index contributed by atoms with van der Waals surface area (Å²) >= 11 is 0. The fourth-order valence-electron chi connectivity index (χ4n) is 5.15. The van der Waals surface area contributed by atoms with Gasteiger partial charge in [-0.25, -0.2) is 9.50 Å². The average molecular weight is 376 g/mol. The quantitative estimate of drug-likeness (QED) is 0.746. The van der Waals surface area contributed by atoms with Crippen molar-refractivity contribution in [1.29, 1.82) is 0 Å². The van der Waals surface area contributed by atoms with Crippen LogP contribution < -0.4 is 0 Å². The number of hydrogen-bond donors (Lipinski definition) is 1. The fourth-order valence-corrected chi connectivity index (χ4v) is 5.15. The number of benzene rings is 1. The molecule has 144 valence electrons. The van der Waals surface area contributed by atoms with E-state index in [0.29, 0.717) is 24.2 Å². The first-order valence-corrected chi connectivity index (χ1v) is 10.1. The van der Waals surface area contributed by atoms with Gasteiger partial charge in [-0.05, 0) is 30.9 Å². The number of hydrogen-bond acceptors (Lipinski definition) is 4. The number of piperidine rings is 1. The van der Waals surface area contributed by atoms with E-state index in [-0.39, 0.29) is 17.9 Å². The molecule has 3 heterocycles. The van der Waals surface area contributed by atoms with Gasteiger partial charge in [-0.3, -0.25) is 4.79 Å². The summed E-state index contributed by atoms with van der Waals surface area (Å²) in [4.78, 5) is 19.7. The zero-order chi connectivity index (χ0) is 19.1. The highest BCUT2D eigenvalue weighted by Gasteiger charge is 2.50. The van der Waals surface area contributed by atoms with Crippen molar-refractivity contribution in [2.75, 3.05) is 6.54 Å². The summed E-state index contributed by atoms with van der Waals surface area (Å²) in [6.07, 6.45) is 9.69. The number of aromatic nitrogens is 3. The average Bonchev–Trinajstić information content (AvgIpc) is 3.19. The van der Waals surface area contributed by atoms with E-state index in [1.54, 1.807) is 29.2 Å². The molecule has 3 aromatic rings. The number of carbonyl (C=O) groups excluding carboxylic acids is 1. The summed E-state index contributed by atoms with van der Waals surface area (Å²) in [5.41, 5.74) is 1.22. The molecule has 6 heteroatoms. The second kappa shape index (κ2) is 6.71. The van der Waals surface area contributed by atoms with Crippen LogP contribution >= 0.6 is 0 Å². The van der Waals surface area contributed by atoms with E-state index in [1.807, 2.05) is 35.2 Å². The van der Waals surface area contributed by atoms with Crippen LogP contribution in [0.5, 0.6) is 0 Å². The zero-order valence-corrected chi connectivity index (χ0v) is 15.7. The summed E-state index contributed by atoms with van der Waals surface area (Å²) < 4.78 is 1.63. The van der Waals surface area contributed by atoms with Crippen LogP contribution in [-0.4, -0.2) is 43.1 Å². The molecule has 0 spiro atoms. The van der Waals surface area contributed by atoms with Crippen LogP contribution in [0.1, 0.15) is 48.0 Å². The number of fused-ring (bicyclic) bond motifs is 2. The van der Waals surface area contributed by atoms with Crippen LogP contribution in [0.2, 0.25) is 0 Å². The minimum Gasteiger partial charge on any atom is -0.385 e. The van der Waals surface area contributed by atoms with Crippen LogP contribution in [0.15, 0.2) is 55.0 Å². The lowest BCUT2D eigenvalue weighted by molar-refractivity contribution is -0.110. The van der Waals surface area contributed by atoms with Gasteiger partial charge in [0, 0.05) is 30.9 Å². The molecular weight excluding hydrogens is 352 g/mol. The van der Waals surface area contributed by atoms with Gasteiger partial charge in [0.1, 0.15) is 5.56 Å². The van der Waals surface area contributed by atoms with Gasteiger partial charge in [-0.15, -0.1) is 0 Å². The number of amides is 1. The highest BCUT2D eigenvalue weighted by molar-refractivity contribution is 5.99. The first-order chi connectivity index (χ1) is 13.7. The van der Waals surface area contributed by atoms with E-state index < -0.39 is 5.60 Å². The molecule has 0 radical (unpaired) electrons. The van der Waals surface area contributed by atoms with E-state index in [1.165, 1.54) is 0 Å². The molecule has 1 amide bonds. The number of rotatable bonds is 2. The minimum absolute atomic E-state index is 0.0271. The van der Waals surface area contributed by atoms with Gasteiger partial charge in [0.15, 0.2) is 5.65 Å². The summed E-state index contributed by atoms with van der Waals surface area (Å²) in [5.74, 6) is 0.0249. The third kappa shape index (κ3) is 2.63. The summed E-state index contributed by atoms with van der Waals surface area (Å²) in [6, 6.07) is 11.8. The molecule has 1 N–H and O–H groups in total. The van der Waals surface area contributed by atoms with Crippen LogP contribution in [0.3, 0.4) is 0 Å². The van der Waals surface area contributed by atoms with Crippen molar-refractivity contribution in [1.82, 2.24) is 19.5 Å². The van der Waals surface area contributed by atoms with E-state index in [0.717, 1.165) is 31.2 Å². The van der Waals surface area contributed by atoms with Crippen molar-refractivity contribution >= 4 is 11.6 Å². The second-order valence-electron chi connectivity index (χ2n) is 7.94. The van der Waals surface area contributed by atoms with Gasteiger partial charge in [0.2, 0.25) is 0 Å². The van der Waals surface area contributed by atoms with E-state index in [9.17, 15) is 9.90 Å². The van der Waals surface area contributed by atoms with Crippen LogP contribution in [0, 0.1) is 5.92 Å². The van der Waals surface area contributed by atoms with E-state index >= 15 is 0 Å². The normalized spacial score (nSPS) is 27.5. The molecule has 6 nitrogen and oxygen atoms in total. The Bertz CT molecular complexity index is 1000. The van der Waals surface area contributed by atoms with Crippen LogP contribution in [-0.2, 0) is 5.60 Å². The molecule has 5 rings (SSSR count). The second-order valence-corrected chi connectivity index (χ2v) is 7.94. The molecule has 0 unspecified atom stereocenters. The maximum atomic E-state index is 13.4. The molecule has 1 saturated heterocycles. The predicted octanol–water partition coefficient (Wildman–Crippen LogP) is 3.02. The Balaban J connectivity index is 1.50. The first kappa shape index (κ1) is 17.4. The van der Waals surface area contributed by atoms with Crippen LogP contribution in [0.4, 0.5) is 0 Å². The largest absolute Gasteiger partial charge is 0.385 e. The Hall–Kier alpha value is -2.73.